The molecular weight excluding hydrogens is 516 g/mol. The first kappa shape index (κ1) is 35.7. The second-order valence-corrected chi connectivity index (χ2v) is 11.9. The lowest BCUT2D eigenvalue weighted by molar-refractivity contribution is 0.552. The Morgan fingerprint density at radius 2 is 0.786 bits per heavy atom. The molecule has 0 spiro atoms. The molecule has 0 unspecified atom stereocenters. The molecule has 0 atom stereocenters. The Labute approximate surface area is 258 Å². The second-order valence-electron chi connectivity index (χ2n) is 11.9. The highest BCUT2D eigenvalue weighted by atomic mass is 15.4. The van der Waals surface area contributed by atoms with Gasteiger partial charge in [-0.15, -0.1) is 10.2 Å². The number of benzene rings is 1. The van der Waals surface area contributed by atoms with Crippen LogP contribution in [-0.4, -0.2) is 22.6 Å². The van der Waals surface area contributed by atoms with Crippen molar-refractivity contribution in [1.82, 2.24) is 10.2 Å². The summed E-state index contributed by atoms with van der Waals surface area (Å²) in [4.78, 5) is 0. The lowest BCUT2D eigenvalue weighted by Crippen LogP contribution is -2.01. The Morgan fingerprint density at radius 3 is 1.12 bits per heavy atom. The molecule has 0 saturated carbocycles. The summed E-state index contributed by atoms with van der Waals surface area (Å²) in [5.41, 5.74) is 6.21. The van der Waals surface area contributed by atoms with Gasteiger partial charge in [-0.1, -0.05) is 167 Å². The number of hydrogen-bond acceptors (Lipinski definition) is 6. The van der Waals surface area contributed by atoms with Crippen LogP contribution in [0.25, 0.3) is 10.8 Å². The average Bonchev–Trinajstić information content (AvgIpc) is 3.02. The van der Waals surface area contributed by atoms with Crippen molar-refractivity contribution < 1.29 is 0 Å². The molecule has 1 aromatic carbocycles. The lowest BCUT2D eigenvalue weighted by Gasteiger charge is -2.08. The Balaban J connectivity index is 1.57. The number of hydrazone groups is 2. The fourth-order valence-electron chi connectivity index (χ4n) is 5.41. The maximum absolute atomic E-state index is 4.42. The number of aromatic nitrogens is 2. The molecule has 1 heterocycles. The minimum absolute atomic E-state index is 0.677. The number of unbranched alkanes of at least 4 members (excludes halogenated alkanes) is 22. The van der Waals surface area contributed by atoms with Gasteiger partial charge >= 0.3 is 0 Å². The van der Waals surface area contributed by atoms with Crippen LogP contribution in [0.5, 0.6) is 0 Å². The number of fused-ring (bicyclic) bond motifs is 1. The molecule has 0 saturated heterocycles. The van der Waals surface area contributed by atoms with Gasteiger partial charge < -0.3 is 0 Å². The highest BCUT2D eigenvalue weighted by Gasteiger charge is 2.07. The van der Waals surface area contributed by atoms with Gasteiger partial charge in [-0.25, -0.2) is 0 Å². The van der Waals surface area contributed by atoms with Crippen LogP contribution < -0.4 is 10.9 Å². The van der Waals surface area contributed by atoms with Crippen LogP contribution >= 0.6 is 0 Å². The zero-order chi connectivity index (χ0) is 29.8. The van der Waals surface area contributed by atoms with Crippen LogP contribution in [0, 0.1) is 0 Å². The normalized spacial score (nSPS) is 11.8. The van der Waals surface area contributed by atoms with Gasteiger partial charge in [0.1, 0.15) is 0 Å². The molecule has 0 bridgehead atoms. The van der Waals surface area contributed by atoms with E-state index in [2.05, 4.69) is 45.1 Å². The van der Waals surface area contributed by atoms with Crippen molar-refractivity contribution in [3.8, 4) is 0 Å². The summed E-state index contributed by atoms with van der Waals surface area (Å²) < 4.78 is 0. The van der Waals surface area contributed by atoms with Gasteiger partial charge in [0.2, 0.25) is 0 Å². The van der Waals surface area contributed by atoms with E-state index < -0.39 is 0 Å². The Bertz CT molecular complexity index is 881. The van der Waals surface area contributed by atoms with Crippen molar-refractivity contribution in [3.05, 3.63) is 24.3 Å². The third-order valence-corrected chi connectivity index (χ3v) is 8.08. The number of nitrogens with zero attached hydrogens (tertiary/aromatic N) is 4. The fraction of sp³-hybridized carbons (Fsp3) is 0.722. The SMILES string of the molecule is CCCCCCCCCCCCC/C=N/Nc1nnc(N/N=C/CCCCCCCCCCCCC)c2ccccc12. The molecule has 2 rings (SSSR count). The molecule has 0 radical (unpaired) electrons. The van der Waals surface area contributed by atoms with Crippen molar-refractivity contribution in [1.29, 1.82) is 0 Å². The summed E-state index contributed by atoms with van der Waals surface area (Å²) in [6, 6.07) is 8.13. The zero-order valence-electron chi connectivity index (χ0n) is 27.2. The van der Waals surface area contributed by atoms with Crippen molar-refractivity contribution in [2.24, 2.45) is 10.2 Å². The minimum atomic E-state index is 0.677. The van der Waals surface area contributed by atoms with Crippen molar-refractivity contribution in [2.45, 2.75) is 168 Å². The maximum atomic E-state index is 4.42. The van der Waals surface area contributed by atoms with E-state index in [1.54, 1.807) is 0 Å². The van der Waals surface area contributed by atoms with Gasteiger partial charge in [-0.2, -0.15) is 10.2 Å². The van der Waals surface area contributed by atoms with Crippen LogP contribution in [0.3, 0.4) is 0 Å². The summed E-state index contributed by atoms with van der Waals surface area (Å²) in [5.74, 6) is 1.35. The number of hydrogen-bond donors (Lipinski definition) is 2. The summed E-state index contributed by atoms with van der Waals surface area (Å²) >= 11 is 0. The van der Waals surface area contributed by atoms with Crippen LogP contribution in [0.4, 0.5) is 11.6 Å². The summed E-state index contributed by atoms with van der Waals surface area (Å²) in [6.07, 6.45) is 35.8. The highest BCUT2D eigenvalue weighted by molar-refractivity contribution is 5.98. The molecule has 1 aromatic heterocycles. The predicted molar refractivity (Wildman–Crippen MR) is 186 cm³/mol. The molecule has 0 aliphatic carbocycles. The Kier molecular flexibility index (Phi) is 22.2. The van der Waals surface area contributed by atoms with E-state index in [-0.39, 0.29) is 0 Å². The topological polar surface area (TPSA) is 74.6 Å². The van der Waals surface area contributed by atoms with E-state index in [0.29, 0.717) is 11.6 Å². The molecule has 236 valence electrons. The molecule has 2 aromatic rings. The number of rotatable bonds is 28. The predicted octanol–water partition coefficient (Wildman–Crippen LogP) is 11.8. The van der Waals surface area contributed by atoms with Gasteiger partial charge in [0.05, 0.1) is 0 Å². The van der Waals surface area contributed by atoms with Crippen molar-refractivity contribution in [3.63, 3.8) is 0 Å². The standard InChI is InChI=1S/C36H62N6/c1-3-5-7-9-11-13-15-17-19-21-23-27-31-37-39-35-33-29-25-26-30-34(33)36(42-41-35)40-38-32-28-24-22-20-18-16-14-12-10-8-6-4-2/h25-26,29-32H,3-24,27-28H2,1-2H3,(H,39,41)(H,40,42)/b37-31+,38-32+. The molecular formula is C36H62N6. The highest BCUT2D eigenvalue weighted by Crippen LogP contribution is 2.26. The first-order chi connectivity index (χ1) is 20.9. The molecule has 0 aliphatic heterocycles. The van der Waals surface area contributed by atoms with Gasteiger partial charge in [0.15, 0.2) is 11.6 Å². The molecule has 6 nitrogen and oxygen atoms in total. The average molecular weight is 579 g/mol. The molecule has 0 aliphatic rings. The first-order valence-corrected chi connectivity index (χ1v) is 17.7. The lowest BCUT2D eigenvalue weighted by atomic mass is 10.1. The molecule has 42 heavy (non-hydrogen) atoms. The smallest absolute Gasteiger partial charge is 0.176 e. The Morgan fingerprint density at radius 1 is 0.476 bits per heavy atom. The van der Waals surface area contributed by atoms with E-state index in [9.17, 15) is 0 Å². The quantitative estimate of drug-likeness (QED) is 0.0598. The molecule has 2 N–H and O–H groups in total. The zero-order valence-corrected chi connectivity index (χ0v) is 27.2. The second kappa shape index (κ2) is 26.2. The summed E-state index contributed by atoms with van der Waals surface area (Å²) in [5, 5.41) is 19.6. The van der Waals surface area contributed by atoms with E-state index in [1.165, 1.54) is 141 Å². The van der Waals surface area contributed by atoms with Crippen LogP contribution in [-0.2, 0) is 0 Å². The first-order valence-electron chi connectivity index (χ1n) is 17.7. The largest absolute Gasteiger partial charge is 0.260 e. The van der Waals surface area contributed by atoms with Gasteiger partial charge in [-0.3, -0.25) is 10.9 Å². The van der Waals surface area contributed by atoms with Gasteiger partial charge in [0.25, 0.3) is 0 Å². The fourth-order valence-corrected chi connectivity index (χ4v) is 5.41. The molecule has 0 fully saturated rings. The van der Waals surface area contributed by atoms with Crippen LogP contribution in [0.2, 0.25) is 0 Å². The van der Waals surface area contributed by atoms with E-state index in [0.717, 1.165) is 23.6 Å². The number of nitrogens with one attached hydrogen (secondary N) is 2. The summed E-state index contributed by atoms with van der Waals surface area (Å²) in [7, 11) is 0. The number of anilines is 2. The third-order valence-electron chi connectivity index (χ3n) is 8.08. The summed E-state index contributed by atoms with van der Waals surface area (Å²) in [6.45, 7) is 4.56. The molecule has 0 amide bonds. The van der Waals surface area contributed by atoms with Crippen molar-refractivity contribution >= 4 is 34.8 Å². The van der Waals surface area contributed by atoms with E-state index >= 15 is 0 Å². The minimum Gasteiger partial charge on any atom is -0.260 e. The van der Waals surface area contributed by atoms with Gasteiger partial charge in [0, 0.05) is 23.2 Å². The third kappa shape index (κ3) is 17.5. The van der Waals surface area contributed by atoms with Crippen molar-refractivity contribution in [2.75, 3.05) is 10.9 Å². The Hall–Kier alpha value is -2.50. The maximum Gasteiger partial charge on any atom is 0.176 e. The van der Waals surface area contributed by atoms with Crippen LogP contribution in [0.1, 0.15) is 168 Å². The van der Waals surface area contributed by atoms with Gasteiger partial charge in [-0.05, 0) is 25.7 Å². The van der Waals surface area contributed by atoms with E-state index in [1.807, 2.05) is 36.7 Å². The van der Waals surface area contributed by atoms with Crippen LogP contribution in [0.15, 0.2) is 34.5 Å². The monoisotopic (exact) mass is 579 g/mol. The van der Waals surface area contributed by atoms with E-state index in [4.69, 9.17) is 0 Å². The molecule has 6 heteroatoms.